The Morgan fingerprint density at radius 2 is 1.80 bits per heavy atom. The molecule has 1 unspecified atom stereocenters. The van der Waals surface area contributed by atoms with Gasteiger partial charge in [-0.25, -0.2) is 4.79 Å². The Balaban J connectivity index is 2.81. The van der Waals surface area contributed by atoms with E-state index in [-0.39, 0.29) is 0 Å². The van der Waals surface area contributed by atoms with Crippen LogP contribution >= 0.6 is 0 Å². The van der Waals surface area contributed by atoms with Crippen LogP contribution in [0, 0.1) is 5.41 Å². The minimum Gasteiger partial charge on any atom is -0.494 e. The molecule has 0 spiro atoms. The van der Waals surface area contributed by atoms with Crippen molar-refractivity contribution in [3.8, 4) is 5.75 Å². The number of amides is 1. The summed E-state index contributed by atoms with van der Waals surface area (Å²) in [4.78, 5) is 23.3. The number of carboxylic acids is 1. The van der Waals surface area contributed by atoms with Crippen LogP contribution in [-0.2, 0) is 4.79 Å². The molecule has 1 rings (SSSR count). The van der Waals surface area contributed by atoms with Crippen molar-refractivity contribution in [2.75, 3.05) is 6.61 Å². The maximum Gasteiger partial charge on any atom is 0.326 e. The molecular weight excluding hydrogens is 258 g/mol. The van der Waals surface area contributed by atoms with E-state index in [9.17, 15) is 14.7 Å². The lowest BCUT2D eigenvalue weighted by Gasteiger charge is -2.27. The van der Waals surface area contributed by atoms with Gasteiger partial charge in [-0.2, -0.15) is 0 Å². The number of ether oxygens (including phenoxy) is 1. The van der Waals surface area contributed by atoms with Crippen LogP contribution < -0.4 is 10.1 Å². The second kappa shape index (κ2) is 6.41. The zero-order valence-corrected chi connectivity index (χ0v) is 12.3. The summed E-state index contributed by atoms with van der Waals surface area (Å²) < 4.78 is 5.29. The lowest BCUT2D eigenvalue weighted by molar-refractivity contribution is -0.142. The van der Waals surface area contributed by atoms with Gasteiger partial charge in [-0.05, 0) is 36.6 Å². The fourth-order valence-electron chi connectivity index (χ4n) is 1.73. The number of nitrogens with one attached hydrogen (secondary N) is 1. The topological polar surface area (TPSA) is 75.6 Å². The van der Waals surface area contributed by atoms with Gasteiger partial charge in [-0.15, -0.1) is 0 Å². The Morgan fingerprint density at radius 1 is 1.25 bits per heavy atom. The molecule has 0 saturated heterocycles. The lowest BCUT2D eigenvalue weighted by atomic mass is 9.86. The predicted molar refractivity (Wildman–Crippen MR) is 76.0 cm³/mol. The van der Waals surface area contributed by atoms with Crippen molar-refractivity contribution in [2.45, 2.75) is 33.7 Å². The van der Waals surface area contributed by atoms with Gasteiger partial charge in [-0.1, -0.05) is 20.8 Å². The highest BCUT2D eigenvalue weighted by Gasteiger charge is 2.32. The molecule has 0 bridgehead atoms. The molecular formula is C15H21NO4. The van der Waals surface area contributed by atoms with Crippen molar-refractivity contribution in [1.29, 1.82) is 0 Å². The first-order valence-corrected chi connectivity index (χ1v) is 6.52. The second-order valence-corrected chi connectivity index (χ2v) is 5.57. The average Bonchev–Trinajstić information content (AvgIpc) is 2.35. The summed E-state index contributed by atoms with van der Waals surface area (Å²) in [5, 5.41) is 11.7. The molecule has 0 fully saturated rings. The summed E-state index contributed by atoms with van der Waals surface area (Å²) in [6, 6.07) is 5.65. The Labute approximate surface area is 118 Å². The van der Waals surface area contributed by atoms with Crippen LogP contribution in [0.4, 0.5) is 0 Å². The molecule has 0 aliphatic rings. The van der Waals surface area contributed by atoms with Crippen molar-refractivity contribution < 1.29 is 19.4 Å². The van der Waals surface area contributed by atoms with Crippen LogP contribution in [0.5, 0.6) is 5.75 Å². The van der Waals surface area contributed by atoms with Gasteiger partial charge in [-0.3, -0.25) is 4.79 Å². The maximum absolute atomic E-state index is 12.1. The molecule has 20 heavy (non-hydrogen) atoms. The summed E-state index contributed by atoms with van der Waals surface area (Å²) in [6.07, 6.45) is 0. The second-order valence-electron chi connectivity index (χ2n) is 5.57. The number of carboxylic acid groups (broad SMARTS) is 1. The minimum atomic E-state index is -1.04. The molecule has 5 nitrogen and oxygen atoms in total. The molecule has 2 N–H and O–H groups in total. The number of hydrogen-bond donors (Lipinski definition) is 2. The van der Waals surface area contributed by atoms with Gasteiger partial charge in [0.05, 0.1) is 6.61 Å². The molecule has 0 saturated carbocycles. The van der Waals surface area contributed by atoms with Crippen LogP contribution in [-0.4, -0.2) is 29.6 Å². The molecule has 0 heterocycles. The Hall–Kier alpha value is -2.04. The molecule has 0 aliphatic heterocycles. The number of rotatable bonds is 5. The molecule has 1 aromatic rings. The van der Waals surface area contributed by atoms with Crippen molar-refractivity contribution in [3.05, 3.63) is 29.8 Å². The standard InChI is InChI=1S/C15H21NO4/c1-5-20-11-8-6-10(7-9-11)13(17)16-12(14(18)19)15(2,3)4/h6-9,12H,5H2,1-4H3,(H,16,17)(H,18,19). The molecule has 1 atom stereocenters. The molecule has 0 aromatic heterocycles. The van der Waals surface area contributed by atoms with Crippen LogP contribution in [0.1, 0.15) is 38.1 Å². The summed E-state index contributed by atoms with van der Waals surface area (Å²) >= 11 is 0. The first kappa shape index (κ1) is 16.0. The van der Waals surface area contributed by atoms with Crippen LogP contribution in [0.25, 0.3) is 0 Å². The molecule has 5 heteroatoms. The Bertz CT molecular complexity index is 474. The van der Waals surface area contributed by atoms with E-state index in [0.29, 0.717) is 17.9 Å². The summed E-state index contributed by atoms with van der Waals surface area (Å²) in [5.74, 6) is -0.776. The smallest absolute Gasteiger partial charge is 0.326 e. The van der Waals surface area contributed by atoms with E-state index < -0.39 is 23.3 Å². The van der Waals surface area contributed by atoms with Gasteiger partial charge in [0.15, 0.2) is 0 Å². The van der Waals surface area contributed by atoms with Gasteiger partial charge in [0, 0.05) is 5.56 Å². The zero-order chi connectivity index (χ0) is 15.3. The largest absolute Gasteiger partial charge is 0.494 e. The van der Waals surface area contributed by atoms with Gasteiger partial charge in [0.1, 0.15) is 11.8 Å². The molecule has 1 amide bonds. The van der Waals surface area contributed by atoms with Gasteiger partial charge >= 0.3 is 5.97 Å². The van der Waals surface area contributed by atoms with Crippen LogP contribution in [0.2, 0.25) is 0 Å². The molecule has 0 aliphatic carbocycles. The average molecular weight is 279 g/mol. The summed E-state index contributed by atoms with van der Waals surface area (Å²) in [7, 11) is 0. The van der Waals surface area contributed by atoms with E-state index in [1.165, 1.54) is 0 Å². The third-order valence-electron chi connectivity index (χ3n) is 2.82. The predicted octanol–water partition coefficient (Wildman–Crippen LogP) is 2.31. The van der Waals surface area contributed by atoms with E-state index >= 15 is 0 Å². The first-order valence-electron chi connectivity index (χ1n) is 6.52. The fraction of sp³-hybridized carbons (Fsp3) is 0.467. The van der Waals surface area contributed by atoms with E-state index in [4.69, 9.17) is 4.74 Å². The third-order valence-corrected chi connectivity index (χ3v) is 2.82. The Morgan fingerprint density at radius 3 is 2.20 bits per heavy atom. The highest BCUT2D eigenvalue weighted by molar-refractivity contribution is 5.96. The Kier molecular flexibility index (Phi) is 5.13. The summed E-state index contributed by atoms with van der Waals surface area (Å²) in [5.41, 5.74) is -0.156. The number of hydrogen-bond acceptors (Lipinski definition) is 3. The molecule has 0 radical (unpaired) electrons. The molecule has 110 valence electrons. The monoisotopic (exact) mass is 279 g/mol. The van der Waals surface area contributed by atoms with Crippen molar-refractivity contribution >= 4 is 11.9 Å². The number of aliphatic carboxylic acids is 1. The van der Waals surface area contributed by atoms with E-state index in [2.05, 4.69) is 5.32 Å². The number of benzene rings is 1. The van der Waals surface area contributed by atoms with E-state index in [1.54, 1.807) is 45.0 Å². The van der Waals surface area contributed by atoms with Crippen molar-refractivity contribution in [3.63, 3.8) is 0 Å². The maximum atomic E-state index is 12.1. The van der Waals surface area contributed by atoms with Crippen molar-refractivity contribution in [2.24, 2.45) is 5.41 Å². The number of carbonyl (C=O) groups is 2. The SMILES string of the molecule is CCOc1ccc(C(=O)NC(C(=O)O)C(C)(C)C)cc1. The minimum absolute atomic E-state index is 0.406. The quantitative estimate of drug-likeness (QED) is 0.867. The number of carbonyl (C=O) groups excluding carboxylic acids is 1. The van der Waals surface area contributed by atoms with Gasteiger partial charge in [0.2, 0.25) is 0 Å². The zero-order valence-electron chi connectivity index (χ0n) is 12.3. The van der Waals surface area contributed by atoms with Crippen molar-refractivity contribution in [1.82, 2.24) is 5.32 Å². The van der Waals surface area contributed by atoms with Gasteiger partial charge in [0.25, 0.3) is 5.91 Å². The highest BCUT2D eigenvalue weighted by atomic mass is 16.5. The highest BCUT2D eigenvalue weighted by Crippen LogP contribution is 2.20. The third kappa shape index (κ3) is 4.26. The normalized spacial score (nSPS) is 12.6. The van der Waals surface area contributed by atoms with Gasteiger partial charge < -0.3 is 15.2 Å². The van der Waals surface area contributed by atoms with Crippen LogP contribution in [0.15, 0.2) is 24.3 Å². The first-order chi connectivity index (χ1) is 9.25. The fourth-order valence-corrected chi connectivity index (χ4v) is 1.73. The van der Waals surface area contributed by atoms with E-state index in [1.807, 2.05) is 6.92 Å². The van der Waals surface area contributed by atoms with Crippen LogP contribution in [0.3, 0.4) is 0 Å². The van der Waals surface area contributed by atoms with E-state index in [0.717, 1.165) is 0 Å². The molecule has 1 aromatic carbocycles. The lowest BCUT2D eigenvalue weighted by Crippen LogP contribution is -2.49. The summed E-state index contributed by atoms with van der Waals surface area (Å²) in [6.45, 7) is 7.73.